The van der Waals surface area contributed by atoms with E-state index in [1.54, 1.807) is 24.0 Å². The number of nitrogens with two attached hydrogens (primary N) is 1. The molecule has 1 aromatic heterocycles. The van der Waals surface area contributed by atoms with Crippen molar-refractivity contribution in [3.63, 3.8) is 0 Å². The molecule has 1 aromatic rings. The minimum absolute atomic E-state index is 0.0457. The molecule has 8 nitrogen and oxygen atoms in total. The summed E-state index contributed by atoms with van der Waals surface area (Å²) in [6.07, 6.45) is 4.13. The first-order valence-corrected chi connectivity index (χ1v) is 5.88. The summed E-state index contributed by atoms with van der Waals surface area (Å²) in [5.41, 5.74) is 5.64. The number of nitrogens with zero attached hydrogens (tertiary/aromatic N) is 2. The van der Waals surface area contributed by atoms with Crippen LogP contribution in [0.3, 0.4) is 0 Å². The van der Waals surface area contributed by atoms with E-state index in [2.05, 4.69) is 10.4 Å². The van der Waals surface area contributed by atoms with Gasteiger partial charge in [0.2, 0.25) is 11.8 Å². The second-order valence-electron chi connectivity index (χ2n) is 4.12. The van der Waals surface area contributed by atoms with Gasteiger partial charge in [0, 0.05) is 25.7 Å². The van der Waals surface area contributed by atoms with Crippen LogP contribution in [0, 0.1) is 0 Å². The van der Waals surface area contributed by atoms with Gasteiger partial charge >= 0.3 is 5.97 Å². The van der Waals surface area contributed by atoms with Gasteiger partial charge < -0.3 is 16.2 Å². The normalized spacial score (nSPS) is 12.2. The Kier molecular flexibility index (Phi) is 5.45. The van der Waals surface area contributed by atoms with Crippen molar-refractivity contribution >= 4 is 23.9 Å². The zero-order chi connectivity index (χ0) is 15.1. The van der Waals surface area contributed by atoms with E-state index < -0.39 is 23.8 Å². The maximum Gasteiger partial charge on any atom is 0.326 e. The third-order valence-electron chi connectivity index (χ3n) is 2.56. The molecule has 1 unspecified atom stereocenters. The number of carboxylic acids is 1. The zero-order valence-corrected chi connectivity index (χ0v) is 10.9. The van der Waals surface area contributed by atoms with Gasteiger partial charge in [-0.25, -0.2) is 4.79 Å². The average Bonchev–Trinajstić information content (AvgIpc) is 2.77. The van der Waals surface area contributed by atoms with Crippen molar-refractivity contribution < 1.29 is 19.5 Å². The van der Waals surface area contributed by atoms with E-state index in [4.69, 9.17) is 10.8 Å². The predicted molar refractivity (Wildman–Crippen MR) is 70.2 cm³/mol. The van der Waals surface area contributed by atoms with Gasteiger partial charge in [0.05, 0.1) is 5.69 Å². The molecule has 2 amide bonds. The van der Waals surface area contributed by atoms with Crippen molar-refractivity contribution in [3.8, 4) is 0 Å². The fourth-order valence-corrected chi connectivity index (χ4v) is 1.47. The van der Waals surface area contributed by atoms with Gasteiger partial charge in [-0.3, -0.25) is 14.3 Å². The van der Waals surface area contributed by atoms with Gasteiger partial charge in [-0.1, -0.05) is 0 Å². The molecule has 0 aromatic carbocycles. The van der Waals surface area contributed by atoms with Crippen molar-refractivity contribution in [1.29, 1.82) is 0 Å². The van der Waals surface area contributed by atoms with E-state index in [1.165, 1.54) is 12.2 Å². The molecule has 20 heavy (non-hydrogen) atoms. The van der Waals surface area contributed by atoms with Crippen molar-refractivity contribution in [3.05, 3.63) is 24.0 Å². The summed E-state index contributed by atoms with van der Waals surface area (Å²) < 4.78 is 1.56. The van der Waals surface area contributed by atoms with Crippen LogP contribution in [0.15, 0.2) is 18.3 Å². The Labute approximate surface area is 115 Å². The topological polar surface area (TPSA) is 127 Å². The average molecular weight is 280 g/mol. The third kappa shape index (κ3) is 4.92. The second kappa shape index (κ2) is 7.07. The first-order valence-electron chi connectivity index (χ1n) is 5.88. The number of carboxylic acid groups (broad SMARTS) is 1. The van der Waals surface area contributed by atoms with Crippen LogP contribution in [0.25, 0.3) is 6.08 Å². The van der Waals surface area contributed by atoms with Crippen molar-refractivity contribution in [2.75, 3.05) is 0 Å². The molecule has 0 spiro atoms. The lowest BCUT2D eigenvalue weighted by Gasteiger charge is -2.11. The molecule has 0 aliphatic carbocycles. The summed E-state index contributed by atoms with van der Waals surface area (Å²) in [6, 6.07) is 0.553. The van der Waals surface area contributed by atoms with E-state index in [9.17, 15) is 14.4 Å². The van der Waals surface area contributed by atoms with Gasteiger partial charge in [0.15, 0.2) is 0 Å². The lowest BCUT2D eigenvalue weighted by molar-refractivity contribution is -0.141. The lowest BCUT2D eigenvalue weighted by atomic mass is 10.1. The Morgan fingerprint density at radius 2 is 2.25 bits per heavy atom. The Hall–Kier alpha value is -2.64. The molecule has 8 heteroatoms. The molecule has 1 rings (SSSR count). The van der Waals surface area contributed by atoms with Gasteiger partial charge in [0.1, 0.15) is 6.04 Å². The maximum atomic E-state index is 11.6. The van der Waals surface area contributed by atoms with Crippen molar-refractivity contribution in [2.24, 2.45) is 12.8 Å². The van der Waals surface area contributed by atoms with Crippen LogP contribution in [0.5, 0.6) is 0 Å². The number of aryl methyl sites for hydroxylation is 1. The highest BCUT2D eigenvalue weighted by molar-refractivity contribution is 5.94. The molecule has 1 heterocycles. The monoisotopic (exact) mass is 280 g/mol. The van der Waals surface area contributed by atoms with Crippen LogP contribution in [0.1, 0.15) is 18.5 Å². The summed E-state index contributed by atoms with van der Waals surface area (Å²) in [6.45, 7) is 0. The summed E-state index contributed by atoms with van der Waals surface area (Å²) >= 11 is 0. The van der Waals surface area contributed by atoms with Gasteiger partial charge in [-0.15, -0.1) is 0 Å². The van der Waals surface area contributed by atoms with Crippen LogP contribution < -0.4 is 11.1 Å². The number of rotatable bonds is 7. The molecular formula is C12H16N4O4. The highest BCUT2D eigenvalue weighted by Crippen LogP contribution is 2.00. The number of aliphatic carboxylic acids is 1. The first kappa shape index (κ1) is 15.4. The summed E-state index contributed by atoms with van der Waals surface area (Å²) in [4.78, 5) is 33.2. The first-order chi connectivity index (χ1) is 9.40. The molecule has 0 saturated carbocycles. The lowest BCUT2D eigenvalue weighted by Crippen LogP contribution is -2.40. The van der Waals surface area contributed by atoms with E-state index in [0.29, 0.717) is 5.69 Å². The van der Waals surface area contributed by atoms with E-state index in [1.807, 2.05) is 0 Å². The molecule has 4 N–H and O–H groups in total. The molecule has 0 radical (unpaired) electrons. The Balaban J connectivity index is 2.58. The van der Waals surface area contributed by atoms with Crippen LogP contribution in [-0.2, 0) is 21.4 Å². The predicted octanol–water partition coefficient (Wildman–Crippen LogP) is -0.732. The smallest absolute Gasteiger partial charge is 0.326 e. The molecule has 0 aliphatic heterocycles. The Morgan fingerprint density at radius 1 is 1.55 bits per heavy atom. The maximum absolute atomic E-state index is 11.6. The number of nitrogens with one attached hydrogen (secondary N) is 1. The number of amides is 2. The standard InChI is InChI=1S/C12H16N4O4/c1-16-8(6-7-14-16)2-5-11(18)15-9(12(19)20)3-4-10(13)17/h2,5-7,9H,3-4H2,1H3,(H2,13,17)(H,15,18)(H,19,20)/b5-2+. The Bertz CT molecular complexity index is 535. The fraction of sp³-hybridized carbons (Fsp3) is 0.333. The molecule has 0 bridgehead atoms. The number of primary amides is 1. The number of carbonyl (C=O) groups excluding carboxylic acids is 2. The van der Waals surface area contributed by atoms with Crippen LogP contribution in [-0.4, -0.2) is 38.7 Å². The molecule has 1 atom stereocenters. The van der Waals surface area contributed by atoms with Crippen molar-refractivity contribution in [1.82, 2.24) is 15.1 Å². The van der Waals surface area contributed by atoms with Gasteiger partial charge in [-0.2, -0.15) is 5.10 Å². The summed E-state index contributed by atoms with van der Waals surface area (Å²) in [5.74, 6) is -2.40. The van der Waals surface area contributed by atoms with E-state index in [0.717, 1.165) is 0 Å². The quantitative estimate of drug-likeness (QED) is 0.567. The van der Waals surface area contributed by atoms with E-state index >= 15 is 0 Å². The highest BCUT2D eigenvalue weighted by Gasteiger charge is 2.19. The SMILES string of the molecule is Cn1nccc1/C=C/C(=O)NC(CCC(N)=O)C(=O)O. The van der Waals surface area contributed by atoms with Crippen LogP contribution in [0.2, 0.25) is 0 Å². The van der Waals surface area contributed by atoms with Gasteiger partial charge in [0.25, 0.3) is 0 Å². The summed E-state index contributed by atoms with van der Waals surface area (Å²) in [7, 11) is 1.71. The molecule has 108 valence electrons. The number of hydrogen-bond acceptors (Lipinski definition) is 4. The molecule has 0 aliphatic rings. The molecular weight excluding hydrogens is 264 g/mol. The third-order valence-corrected chi connectivity index (χ3v) is 2.56. The zero-order valence-electron chi connectivity index (χ0n) is 10.9. The van der Waals surface area contributed by atoms with Crippen LogP contribution >= 0.6 is 0 Å². The fourth-order valence-electron chi connectivity index (χ4n) is 1.47. The number of carbonyl (C=O) groups is 3. The van der Waals surface area contributed by atoms with Gasteiger partial charge in [-0.05, 0) is 18.6 Å². The minimum atomic E-state index is -1.21. The highest BCUT2D eigenvalue weighted by atomic mass is 16.4. The summed E-state index contributed by atoms with van der Waals surface area (Å²) in [5, 5.41) is 15.1. The molecule has 0 saturated heterocycles. The number of hydrogen-bond donors (Lipinski definition) is 3. The molecule has 0 fully saturated rings. The van der Waals surface area contributed by atoms with E-state index in [-0.39, 0.29) is 12.8 Å². The minimum Gasteiger partial charge on any atom is -0.480 e. The Morgan fingerprint density at radius 3 is 2.75 bits per heavy atom. The largest absolute Gasteiger partial charge is 0.480 e. The second-order valence-corrected chi connectivity index (χ2v) is 4.12. The van der Waals surface area contributed by atoms with Crippen LogP contribution in [0.4, 0.5) is 0 Å². The van der Waals surface area contributed by atoms with Crippen molar-refractivity contribution in [2.45, 2.75) is 18.9 Å². The number of aromatic nitrogens is 2.